The van der Waals surface area contributed by atoms with Crippen LogP contribution in [0.4, 0.5) is 8.78 Å². The Kier molecular flexibility index (Phi) is 4.40. The third-order valence-electron chi connectivity index (χ3n) is 5.30. The highest BCUT2D eigenvalue weighted by Crippen LogP contribution is 2.34. The first-order valence-corrected chi connectivity index (χ1v) is 8.82. The van der Waals surface area contributed by atoms with Crippen LogP contribution in [0.5, 0.6) is 0 Å². The number of rotatable bonds is 5. The fourth-order valence-corrected chi connectivity index (χ4v) is 3.83. The molecule has 0 aliphatic carbocycles. The van der Waals surface area contributed by atoms with Gasteiger partial charge in [0.15, 0.2) is 11.5 Å². The largest absolute Gasteiger partial charge is 0.290 e. The van der Waals surface area contributed by atoms with Gasteiger partial charge in [0.25, 0.3) is 6.43 Å². The minimum Gasteiger partial charge on any atom is -0.290 e. The standard InChI is InChI=1S/C19H21F2N5/c1-19(12-14-5-7-15(8-6-14)18(20)21)9-3-11-25(19)13-17-24-23-16-4-2-10-22-26(16)17/h2,4-8,10,18H,3,9,11-13H2,1H3. The van der Waals surface area contributed by atoms with Crippen molar-refractivity contribution < 1.29 is 8.78 Å². The maximum atomic E-state index is 12.8. The molecule has 0 saturated carbocycles. The number of nitrogens with zero attached hydrogens (tertiary/aromatic N) is 5. The summed E-state index contributed by atoms with van der Waals surface area (Å²) in [5, 5.41) is 12.8. The van der Waals surface area contributed by atoms with Gasteiger partial charge < -0.3 is 0 Å². The summed E-state index contributed by atoms with van der Waals surface area (Å²) in [6.07, 6.45) is 2.30. The Labute approximate surface area is 150 Å². The van der Waals surface area contributed by atoms with E-state index in [-0.39, 0.29) is 11.1 Å². The Morgan fingerprint density at radius 2 is 1.96 bits per heavy atom. The highest BCUT2D eigenvalue weighted by molar-refractivity contribution is 5.34. The Balaban J connectivity index is 1.53. The molecule has 1 atom stereocenters. The molecule has 0 N–H and O–H groups in total. The summed E-state index contributed by atoms with van der Waals surface area (Å²) < 4.78 is 27.3. The van der Waals surface area contributed by atoms with Crippen molar-refractivity contribution in [2.45, 2.75) is 44.7 Å². The first-order chi connectivity index (χ1) is 12.5. The topological polar surface area (TPSA) is 46.3 Å². The van der Waals surface area contributed by atoms with E-state index >= 15 is 0 Å². The lowest BCUT2D eigenvalue weighted by Gasteiger charge is -2.35. The van der Waals surface area contributed by atoms with E-state index in [1.54, 1.807) is 10.7 Å². The van der Waals surface area contributed by atoms with Crippen molar-refractivity contribution in [3.8, 4) is 0 Å². The highest BCUT2D eigenvalue weighted by Gasteiger charge is 2.37. The molecule has 26 heavy (non-hydrogen) atoms. The van der Waals surface area contributed by atoms with Crippen LogP contribution >= 0.6 is 0 Å². The molecule has 1 saturated heterocycles. The lowest BCUT2D eigenvalue weighted by molar-refractivity contribution is 0.142. The van der Waals surface area contributed by atoms with E-state index in [1.807, 2.05) is 24.3 Å². The highest BCUT2D eigenvalue weighted by atomic mass is 19.3. The third-order valence-corrected chi connectivity index (χ3v) is 5.30. The third kappa shape index (κ3) is 3.19. The van der Waals surface area contributed by atoms with Gasteiger partial charge in [0, 0.05) is 17.3 Å². The van der Waals surface area contributed by atoms with Crippen LogP contribution in [-0.2, 0) is 13.0 Å². The van der Waals surface area contributed by atoms with Gasteiger partial charge in [-0.25, -0.2) is 8.78 Å². The molecular formula is C19H21F2N5. The van der Waals surface area contributed by atoms with E-state index in [9.17, 15) is 8.78 Å². The van der Waals surface area contributed by atoms with Gasteiger partial charge in [0.1, 0.15) is 0 Å². The molecule has 0 spiro atoms. The van der Waals surface area contributed by atoms with E-state index < -0.39 is 6.43 Å². The molecule has 0 bridgehead atoms. The van der Waals surface area contributed by atoms with E-state index in [4.69, 9.17) is 0 Å². The predicted octanol–water partition coefficient (Wildman–Crippen LogP) is 3.66. The second-order valence-corrected chi connectivity index (χ2v) is 7.15. The number of hydrogen-bond donors (Lipinski definition) is 0. The van der Waals surface area contributed by atoms with Gasteiger partial charge in [-0.1, -0.05) is 24.3 Å². The molecule has 1 aliphatic heterocycles. The molecule has 4 rings (SSSR count). The Morgan fingerprint density at radius 1 is 1.15 bits per heavy atom. The zero-order valence-electron chi connectivity index (χ0n) is 14.6. The van der Waals surface area contributed by atoms with Crippen LogP contribution in [0.1, 0.15) is 43.1 Å². The number of likely N-dealkylation sites (tertiary alicyclic amines) is 1. The maximum Gasteiger partial charge on any atom is 0.263 e. The van der Waals surface area contributed by atoms with Crippen LogP contribution in [-0.4, -0.2) is 36.8 Å². The van der Waals surface area contributed by atoms with Crippen molar-refractivity contribution in [3.05, 3.63) is 59.5 Å². The molecule has 1 aromatic carbocycles. The molecule has 3 aromatic rings. The van der Waals surface area contributed by atoms with Gasteiger partial charge >= 0.3 is 0 Å². The summed E-state index contributed by atoms with van der Waals surface area (Å²) >= 11 is 0. The van der Waals surface area contributed by atoms with Crippen molar-refractivity contribution in [2.24, 2.45) is 0 Å². The van der Waals surface area contributed by atoms with Crippen LogP contribution in [0.25, 0.3) is 5.65 Å². The van der Waals surface area contributed by atoms with Crippen molar-refractivity contribution in [3.63, 3.8) is 0 Å². The van der Waals surface area contributed by atoms with Crippen LogP contribution in [0.2, 0.25) is 0 Å². The van der Waals surface area contributed by atoms with Crippen LogP contribution in [0, 0.1) is 0 Å². The number of aromatic nitrogens is 4. The molecule has 0 amide bonds. The molecule has 136 valence electrons. The zero-order chi connectivity index (χ0) is 18.1. The minimum atomic E-state index is -2.42. The summed E-state index contributed by atoms with van der Waals surface area (Å²) in [4.78, 5) is 2.40. The molecule has 2 aromatic heterocycles. The molecule has 7 heteroatoms. The van der Waals surface area contributed by atoms with Gasteiger partial charge in [0.2, 0.25) is 0 Å². The molecule has 1 unspecified atom stereocenters. The second kappa shape index (κ2) is 6.72. The van der Waals surface area contributed by atoms with E-state index in [2.05, 4.69) is 27.1 Å². The molecule has 1 aliphatic rings. The van der Waals surface area contributed by atoms with E-state index in [0.717, 1.165) is 42.8 Å². The predicted molar refractivity (Wildman–Crippen MR) is 93.9 cm³/mol. The first kappa shape index (κ1) is 17.0. The van der Waals surface area contributed by atoms with Crippen LogP contribution in [0.3, 0.4) is 0 Å². The maximum absolute atomic E-state index is 12.8. The zero-order valence-corrected chi connectivity index (χ0v) is 14.6. The number of fused-ring (bicyclic) bond motifs is 1. The first-order valence-electron chi connectivity index (χ1n) is 8.82. The molecule has 3 heterocycles. The summed E-state index contributed by atoms with van der Waals surface area (Å²) in [7, 11) is 0. The number of hydrogen-bond acceptors (Lipinski definition) is 4. The van der Waals surface area contributed by atoms with Crippen molar-refractivity contribution in [2.75, 3.05) is 6.54 Å². The number of halogens is 2. The average molecular weight is 357 g/mol. The molecule has 0 radical (unpaired) electrons. The monoisotopic (exact) mass is 357 g/mol. The quantitative estimate of drug-likeness (QED) is 0.699. The lowest BCUT2D eigenvalue weighted by atomic mass is 9.90. The Morgan fingerprint density at radius 3 is 2.73 bits per heavy atom. The van der Waals surface area contributed by atoms with Gasteiger partial charge in [-0.15, -0.1) is 10.2 Å². The summed E-state index contributed by atoms with van der Waals surface area (Å²) in [5.74, 6) is 0.821. The van der Waals surface area contributed by atoms with Gasteiger partial charge in [-0.2, -0.15) is 9.61 Å². The van der Waals surface area contributed by atoms with E-state index in [1.165, 1.54) is 12.1 Å². The SMILES string of the molecule is CC1(Cc2ccc(C(F)F)cc2)CCCN1Cc1nnc2cccnn12. The summed E-state index contributed by atoms with van der Waals surface area (Å²) in [6.45, 7) is 3.88. The molecule has 5 nitrogen and oxygen atoms in total. The lowest BCUT2D eigenvalue weighted by Crippen LogP contribution is -2.42. The number of benzene rings is 1. The smallest absolute Gasteiger partial charge is 0.263 e. The van der Waals surface area contributed by atoms with Crippen molar-refractivity contribution >= 4 is 5.65 Å². The van der Waals surface area contributed by atoms with Crippen LogP contribution < -0.4 is 0 Å². The van der Waals surface area contributed by atoms with E-state index in [0.29, 0.717) is 6.54 Å². The van der Waals surface area contributed by atoms with Gasteiger partial charge in [-0.3, -0.25) is 4.90 Å². The van der Waals surface area contributed by atoms with Gasteiger partial charge in [0.05, 0.1) is 6.54 Å². The number of alkyl halides is 2. The van der Waals surface area contributed by atoms with Crippen LogP contribution in [0.15, 0.2) is 42.6 Å². The van der Waals surface area contributed by atoms with Crippen molar-refractivity contribution in [1.82, 2.24) is 24.7 Å². The van der Waals surface area contributed by atoms with Crippen molar-refractivity contribution in [1.29, 1.82) is 0 Å². The normalized spacial score (nSPS) is 21.1. The average Bonchev–Trinajstić information content (AvgIpc) is 3.20. The Bertz CT molecular complexity index is 892. The molecule has 1 fully saturated rings. The fraction of sp³-hybridized carbons (Fsp3) is 0.421. The fourth-order valence-electron chi connectivity index (χ4n) is 3.83. The summed E-state index contributed by atoms with van der Waals surface area (Å²) in [6, 6.07) is 10.4. The second-order valence-electron chi connectivity index (χ2n) is 7.15. The Hall–Kier alpha value is -2.41. The molecular weight excluding hydrogens is 336 g/mol. The minimum absolute atomic E-state index is 0.0348. The van der Waals surface area contributed by atoms with Gasteiger partial charge in [-0.05, 0) is 50.4 Å². The summed E-state index contributed by atoms with van der Waals surface area (Å²) in [5.41, 5.74) is 1.86.